The molecule has 98 valence electrons. The van der Waals surface area contributed by atoms with Crippen LogP contribution in [-0.4, -0.2) is 23.1 Å². The predicted octanol–water partition coefficient (Wildman–Crippen LogP) is 4.42. The quantitative estimate of drug-likeness (QED) is 0.773. The number of thiocarbonyl (C=S) groups is 1. The van der Waals surface area contributed by atoms with Crippen molar-refractivity contribution in [1.82, 2.24) is 4.90 Å². The van der Waals surface area contributed by atoms with Crippen LogP contribution in [0.3, 0.4) is 0 Å². The molecule has 0 aromatic heterocycles. The van der Waals surface area contributed by atoms with Gasteiger partial charge >= 0.3 is 0 Å². The second-order valence-electron chi connectivity index (χ2n) is 4.73. The highest BCUT2D eigenvalue weighted by molar-refractivity contribution is 7.80. The summed E-state index contributed by atoms with van der Waals surface area (Å²) in [5.74, 6) is 0.800. The molecule has 1 aromatic rings. The summed E-state index contributed by atoms with van der Waals surface area (Å²) in [4.78, 5) is 2.21. The molecule has 2 rings (SSSR count). The smallest absolute Gasteiger partial charge is 0.173 e. The standard InChI is InChI=1S/C13H16Cl2N2S/c1-9-4-6-17(7-5-9)13(18)16-10-2-3-11(14)12(15)8-10/h2-3,8-9H,4-7H2,1H3,(H,16,18). The highest BCUT2D eigenvalue weighted by Crippen LogP contribution is 2.25. The van der Waals surface area contributed by atoms with Crippen molar-refractivity contribution in [3.63, 3.8) is 0 Å². The van der Waals surface area contributed by atoms with Crippen molar-refractivity contribution in [2.24, 2.45) is 5.92 Å². The average molecular weight is 303 g/mol. The first-order valence-electron chi connectivity index (χ1n) is 6.07. The molecular formula is C13H16Cl2N2S. The van der Waals surface area contributed by atoms with Crippen LogP contribution in [0.15, 0.2) is 18.2 Å². The Kier molecular flexibility index (Phi) is 4.71. The lowest BCUT2D eigenvalue weighted by atomic mass is 10.00. The van der Waals surface area contributed by atoms with Crippen LogP contribution >= 0.6 is 35.4 Å². The zero-order chi connectivity index (χ0) is 13.1. The van der Waals surface area contributed by atoms with Gasteiger partial charge in [-0.1, -0.05) is 30.1 Å². The number of likely N-dealkylation sites (tertiary alicyclic amines) is 1. The summed E-state index contributed by atoms with van der Waals surface area (Å²) in [6.07, 6.45) is 2.40. The van der Waals surface area contributed by atoms with Gasteiger partial charge in [0.15, 0.2) is 5.11 Å². The monoisotopic (exact) mass is 302 g/mol. The molecule has 0 radical (unpaired) electrons. The maximum atomic E-state index is 5.97. The van der Waals surface area contributed by atoms with Crippen molar-refractivity contribution in [3.8, 4) is 0 Å². The molecule has 1 heterocycles. The summed E-state index contributed by atoms with van der Waals surface area (Å²) in [7, 11) is 0. The van der Waals surface area contributed by atoms with E-state index >= 15 is 0 Å². The van der Waals surface area contributed by atoms with E-state index in [9.17, 15) is 0 Å². The lowest BCUT2D eigenvalue weighted by Crippen LogP contribution is -2.40. The molecule has 0 bridgehead atoms. The van der Waals surface area contributed by atoms with E-state index in [1.807, 2.05) is 6.07 Å². The fraction of sp³-hybridized carbons (Fsp3) is 0.462. The van der Waals surface area contributed by atoms with Gasteiger partial charge in [0.1, 0.15) is 0 Å². The molecule has 1 N–H and O–H groups in total. The van der Waals surface area contributed by atoms with Gasteiger partial charge in [0.05, 0.1) is 10.0 Å². The number of hydrogen-bond donors (Lipinski definition) is 1. The lowest BCUT2D eigenvalue weighted by Gasteiger charge is -2.32. The maximum Gasteiger partial charge on any atom is 0.173 e. The summed E-state index contributed by atoms with van der Waals surface area (Å²) < 4.78 is 0. The van der Waals surface area contributed by atoms with Gasteiger partial charge in [-0.05, 0) is 49.2 Å². The Bertz CT molecular complexity index is 443. The number of benzene rings is 1. The van der Waals surface area contributed by atoms with Crippen molar-refractivity contribution >= 4 is 46.2 Å². The molecule has 0 amide bonds. The van der Waals surface area contributed by atoms with Gasteiger partial charge in [-0.25, -0.2) is 0 Å². The molecule has 1 aromatic carbocycles. The first-order valence-corrected chi connectivity index (χ1v) is 7.23. The zero-order valence-corrected chi connectivity index (χ0v) is 12.6. The van der Waals surface area contributed by atoms with Crippen LogP contribution in [-0.2, 0) is 0 Å². The second-order valence-corrected chi connectivity index (χ2v) is 5.93. The summed E-state index contributed by atoms with van der Waals surface area (Å²) in [6, 6.07) is 5.45. The number of nitrogens with zero attached hydrogens (tertiary/aromatic N) is 1. The molecule has 0 aliphatic carbocycles. The number of hydrogen-bond acceptors (Lipinski definition) is 1. The predicted molar refractivity (Wildman–Crippen MR) is 82.7 cm³/mol. The molecule has 2 nitrogen and oxygen atoms in total. The molecule has 1 aliphatic heterocycles. The van der Waals surface area contributed by atoms with E-state index in [0.717, 1.165) is 29.8 Å². The summed E-state index contributed by atoms with van der Waals surface area (Å²) >= 11 is 17.3. The minimum Gasteiger partial charge on any atom is -0.349 e. The van der Waals surface area contributed by atoms with E-state index in [2.05, 4.69) is 17.1 Å². The fourth-order valence-electron chi connectivity index (χ4n) is 1.99. The van der Waals surface area contributed by atoms with E-state index in [1.165, 1.54) is 12.8 Å². The Hall–Kier alpha value is -0.510. The van der Waals surface area contributed by atoms with Gasteiger partial charge in [0, 0.05) is 18.8 Å². The Morgan fingerprint density at radius 3 is 2.56 bits per heavy atom. The minimum absolute atomic E-state index is 0.539. The van der Waals surface area contributed by atoms with E-state index < -0.39 is 0 Å². The second kappa shape index (κ2) is 6.09. The van der Waals surface area contributed by atoms with E-state index in [4.69, 9.17) is 35.4 Å². The third-order valence-corrected chi connectivity index (χ3v) is 4.34. The first kappa shape index (κ1) is 13.9. The van der Waals surface area contributed by atoms with Crippen molar-refractivity contribution < 1.29 is 0 Å². The normalized spacial score (nSPS) is 16.7. The lowest BCUT2D eigenvalue weighted by molar-refractivity contribution is 0.283. The van der Waals surface area contributed by atoms with Crippen LogP contribution in [0, 0.1) is 5.92 Å². The average Bonchev–Trinajstić information content (AvgIpc) is 2.34. The van der Waals surface area contributed by atoms with Crippen LogP contribution in [0.25, 0.3) is 0 Å². The maximum absolute atomic E-state index is 5.97. The Balaban J connectivity index is 1.96. The van der Waals surface area contributed by atoms with Crippen LogP contribution < -0.4 is 5.32 Å². The molecule has 0 spiro atoms. The summed E-state index contributed by atoms with van der Waals surface area (Å²) in [6.45, 7) is 4.33. The van der Waals surface area contributed by atoms with Crippen molar-refractivity contribution in [2.75, 3.05) is 18.4 Å². The topological polar surface area (TPSA) is 15.3 Å². The molecule has 0 saturated carbocycles. The largest absolute Gasteiger partial charge is 0.349 e. The Morgan fingerprint density at radius 2 is 1.94 bits per heavy atom. The number of piperidine rings is 1. The number of rotatable bonds is 1. The Morgan fingerprint density at radius 1 is 1.28 bits per heavy atom. The highest BCUT2D eigenvalue weighted by Gasteiger charge is 2.17. The SMILES string of the molecule is CC1CCN(C(=S)Nc2ccc(Cl)c(Cl)c2)CC1. The van der Waals surface area contributed by atoms with E-state index in [1.54, 1.807) is 12.1 Å². The molecular weight excluding hydrogens is 287 g/mol. The van der Waals surface area contributed by atoms with Crippen molar-refractivity contribution in [2.45, 2.75) is 19.8 Å². The van der Waals surface area contributed by atoms with Crippen LogP contribution in [0.5, 0.6) is 0 Å². The number of halogens is 2. The Labute approximate surface area is 123 Å². The third-order valence-electron chi connectivity index (χ3n) is 3.24. The first-order chi connectivity index (χ1) is 8.56. The van der Waals surface area contributed by atoms with Gasteiger partial charge in [-0.3, -0.25) is 0 Å². The molecule has 1 fully saturated rings. The fourth-order valence-corrected chi connectivity index (χ4v) is 2.59. The third kappa shape index (κ3) is 3.50. The number of anilines is 1. The van der Waals surface area contributed by atoms with Crippen LogP contribution in [0.1, 0.15) is 19.8 Å². The molecule has 0 atom stereocenters. The van der Waals surface area contributed by atoms with Gasteiger partial charge in [0.25, 0.3) is 0 Å². The molecule has 1 saturated heterocycles. The van der Waals surface area contributed by atoms with Gasteiger partial charge < -0.3 is 10.2 Å². The molecule has 0 unspecified atom stereocenters. The van der Waals surface area contributed by atoms with Crippen molar-refractivity contribution in [1.29, 1.82) is 0 Å². The van der Waals surface area contributed by atoms with Gasteiger partial charge in [-0.2, -0.15) is 0 Å². The number of nitrogens with one attached hydrogen (secondary N) is 1. The summed E-state index contributed by atoms with van der Waals surface area (Å²) in [5, 5.41) is 5.07. The van der Waals surface area contributed by atoms with Gasteiger partial charge in [-0.15, -0.1) is 0 Å². The van der Waals surface area contributed by atoms with Crippen LogP contribution in [0.2, 0.25) is 10.0 Å². The van der Waals surface area contributed by atoms with Crippen LogP contribution in [0.4, 0.5) is 5.69 Å². The zero-order valence-electron chi connectivity index (χ0n) is 10.2. The summed E-state index contributed by atoms with van der Waals surface area (Å²) in [5.41, 5.74) is 0.882. The van der Waals surface area contributed by atoms with Gasteiger partial charge in [0.2, 0.25) is 0 Å². The molecule has 18 heavy (non-hydrogen) atoms. The van der Waals surface area contributed by atoms with E-state index in [0.29, 0.717) is 10.0 Å². The molecule has 1 aliphatic rings. The molecule has 5 heteroatoms. The van der Waals surface area contributed by atoms with E-state index in [-0.39, 0.29) is 0 Å². The highest BCUT2D eigenvalue weighted by atomic mass is 35.5. The minimum atomic E-state index is 0.539. The van der Waals surface area contributed by atoms with Crippen molar-refractivity contribution in [3.05, 3.63) is 28.2 Å².